The summed E-state index contributed by atoms with van der Waals surface area (Å²) >= 11 is 0. The number of nitrogens with one attached hydrogen (secondary N) is 1. The minimum Gasteiger partial charge on any atom is -0.325 e. The van der Waals surface area contributed by atoms with Gasteiger partial charge in [0.15, 0.2) is 0 Å². The number of fused-ring (bicyclic) bond motifs is 1. The van der Waals surface area contributed by atoms with Crippen molar-refractivity contribution in [2.75, 3.05) is 32.0 Å². The van der Waals surface area contributed by atoms with Crippen LogP contribution < -0.4 is 11.1 Å². The van der Waals surface area contributed by atoms with Gasteiger partial charge in [-0.25, -0.2) is 9.37 Å². The van der Waals surface area contributed by atoms with Crippen LogP contribution in [-0.2, 0) is 4.79 Å². The van der Waals surface area contributed by atoms with Crippen molar-refractivity contribution >= 4 is 22.5 Å². The molecule has 0 saturated carbocycles. The number of rotatable bonds is 7. The van der Waals surface area contributed by atoms with E-state index in [1.807, 2.05) is 25.3 Å². The average Bonchev–Trinajstić information content (AvgIpc) is 3.34. The molecular formula is C26H31FN6O. The zero-order valence-corrected chi connectivity index (χ0v) is 19.7. The molecular weight excluding hydrogens is 431 g/mol. The molecule has 0 radical (unpaired) electrons. The first-order valence-corrected chi connectivity index (χ1v) is 11.7. The highest BCUT2D eigenvalue weighted by atomic mass is 19.1. The minimum absolute atomic E-state index is 0.224. The van der Waals surface area contributed by atoms with E-state index in [1.54, 1.807) is 12.3 Å². The van der Waals surface area contributed by atoms with Crippen LogP contribution in [0.3, 0.4) is 0 Å². The molecule has 2 aromatic heterocycles. The molecule has 178 valence electrons. The number of likely N-dealkylation sites (tertiary alicyclic amines) is 1. The van der Waals surface area contributed by atoms with Gasteiger partial charge in [0.05, 0.1) is 12.2 Å². The number of hydrogen-bond donors (Lipinski definition) is 2. The third-order valence-electron chi connectivity index (χ3n) is 6.15. The molecule has 7 nitrogen and oxygen atoms in total. The third-order valence-corrected chi connectivity index (χ3v) is 6.15. The van der Waals surface area contributed by atoms with Crippen molar-refractivity contribution in [1.82, 2.24) is 19.7 Å². The van der Waals surface area contributed by atoms with Crippen molar-refractivity contribution in [3.8, 4) is 11.1 Å². The molecule has 1 aromatic carbocycles. The van der Waals surface area contributed by atoms with Gasteiger partial charge >= 0.3 is 0 Å². The number of amides is 1. The highest BCUT2D eigenvalue weighted by Crippen LogP contribution is 2.28. The predicted octanol–water partition coefficient (Wildman–Crippen LogP) is 4.45. The summed E-state index contributed by atoms with van der Waals surface area (Å²) in [6.45, 7) is 3.80. The molecule has 4 rings (SSSR count). The van der Waals surface area contributed by atoms with Gasteiger partial charge in [0.25, 0.3) is 5.91 Å². The second-order valence-corrected chi connectivity index (χ2v) is 8.69. The van der Waals surface area contributed by atoms with Crippen molar-refractivity contribution in [2.24, 2.45) is 5.73 Å². The lowest BCUT2D eigenvalue weighted by Crippen LogP contribution is -2.31. The number of hydrogen-bond acceptors (Lipinski definition) is 5. The number of aromatic nitrogens is 3. The smallest absolute Gasteiger partial charge is 0.256 e. The van der Waals surface area contributed by atoms with E-state index >= 15 is 0 Å². The first-order chi connectivity index (χ1) is 16.5. The highest BCUT2D eigenvalue weighted by Gasteiger charge is 2.19. The molecule has 1 amide bonds. The summed E-state index contributed by atoms with van der Waals surface area (Å²) in [7, 11) is 2.15. The molecule has 3 N–H and O–H groups in total. The maximum absolute atomic E-state index is 13.6. The number of piperidine rings is 1. The fraction of sp³-hybridized carbons (Fsp3) is 0.346. The van der Waals surface area contributed by atoms with Crippen LogP contribution in [0.15, 0.2) is 66.4 Å². The maximum atomic E-state index is 13.6. The lowest BCUT2D eigenvalue weighted by atomic mass is 10.0. The Labute approximate surface area is 199 Å². The SMILES string of the molecule is CC/C=C(\C=C(\F)CN)C(=O)Nc1cc2cc(-c3cnn(C4CCN(C)CC4)c3)ccc2cn1. The number of carbonyl (C=O) groups excluding carboxylic acids is 1. The maximum Gasteiger partial charge on any atom is 0.256 e. The van der Waals surface area contributed by atoms with Crippen LogP contribution in [-0.4, -0.2) is 52.3 Å². The lowest BCUT2D eigenvalue weighted by molar-refractivity contribution is -0.112. The van der Waals surface area contributed by atoms with E-state index in [1.165, 1.54) is 6.08 Å². The number of pyridine rings is 1. The highest BCUT2D eigenvalue weighted by molar-refractivity contribution is 6.06. The Hall–Kier alpha value is -3.36. The van der Waals surface area contributed by atoms with E-state index in [4.69, 9.17) is 5.73 Å². The molecule has 1 aliphatic rings. The zero-order valence-electron chi connectivity index (χ0n) is 19.7. The van der Waals surface area contributed by atoms with Gasteiger partial charge in [-0.3, -0.25) is 9.48 Å². The largest absolute Gasteiger partial charge is 0.325 e. The van der Waals surface area contributed by atoms with E-state index in [0.29, 0.717) is 18.3 Å². The van der Waals surface area contributed by atoms with E-state index < -0.39 is 11.7 Å². The molecule has 0 atom stereocenters. The first-order valence-electron chi connectivity index (χ1n) is 11.7. The Morgan fingerprint density at radius 3 is 2.74 bits per heavy atom. The van der Waals surface area contributed by atoms with Crippen molar-refractivity contribution in [3.05, 3.63) is 66.4 Å². The number of nitrogens with zero attached hydrogens (tertiary/aromatic N) is 4. The molecule has 8 heteroatoms. The van der Waals surface area contributed by atoms with Crippen LogP contribution in [0, 0.1) is 0 Å². The van der Waals surface area contributed by atoms with Gasteiger partial charge in [-0.1, -0.05) is 25.1 Å². The molecule has 1 fully saturated rings. The summed E-state index contributed by atoms with van der Waals surface area (Å²) in [6.07, 6.45) is 11.4. The fourth-order valence-corrected chi connectivity index (χ4v) is 4.19. The second-order valence-electron chi connectivity index (χ2n) is 8.69. The van der Waals surface area contributed by atoms with Gasteiger partial charge in [0.1, 0.15) is 11.6 Å². The Morgan fingerprint density at radius 1 is 1.21 bits per heavy atom. The summed E-state index contributed by atoms with van der Waals surface area (Å²) in [5.74, 6) is -0.570. The molecule has 0 unspecified atom stereocenters. The van der Waals surface area contributed by atoms with Crippen molar-refractivity contribution in [1.29, 1.82) is 0 Å². The molecule has 34 heavy (non-hydrogen) atoms. The molecule has 3 heterocycles. The monoisotopic (exact) mass is 462 g/mol. The summed E-state index contributed by atoms with van der Waals surface area (Å²) in [5, 5.41) is 9.30. The van der Waals surface area contributed by atoms with E-state index in [9.17, 15) is 9.18 Å². The van der Waals surface area contributed by atoms with Crippen molar-refractivity contribution in [2.45, 2.75) is 32.2 Å². The molecule has 1 aliphatic heterocycles. The fourth-order valence-electron chi connectivity index (χ4n) is 4.19. The molecule has 0 spiro atoms. The van der Waals surface area contributed by atoms with Crippen LogP contribution in [0.2, 0.25) is 0 Å². The number of halogens is 1. The van der Waals surface area contributed by atoms with Crippen LogP contribution in [0.25, 0.3) is 21.9 Å². The second kappa shape index (κ2) is 10.7. The molecule has 0 bridgehead atoms. The van der Waals surface area contributed by atoms with Gasteiger partial charge in [-0.15, -0.1) is 0 Å². The first kappa shape index (κ1) is 23.8. The summed E-state index contributed by atoms with van der Waals surface area (Å²) in [4.78, 5) is 19.4. The number of carbonyl (C=O) groups is 1. The van der Waals surface area contributed by atoms with Crippen LogP contribution in [0.1, 0.15) is 32.2 Å². The summed E-state index contributed by atoms with van der Waals surface area (Å²) in [6, 6.07) is 8.39. The van der Waals surface area contributed by atoms with Crippen LogP contribution in [0.4, 0.5) is 10.2 Å². The quantitative estimate of drug-likeness (QED) is 0.400. The lowest BCUT2D eigenvalue weighted by Gasteiger charge is -2.28. The van der Waals surface area contributed by atoms with Gasteiger partial charge in [-0.05, 0) is 68.6 Å². The van der Waals surface area contributed by atoms with Gasteiger partial charge in [0, 0.05) is 35.5 Å². The van der Waals surface area contributed by atoms with E-state index in [-0.39, 0.29) is 12.1 Å². The van der Waals surface area contributed by atoms with Gasteiger partial charge < -0.3 is 16.0 Å². The van der Waals surface area contributed by atoms with Crippen LogP contribution in [0.5, 0.6) is 0 Å². The Kier molecular flexibility index (Phi) is 7.49. The van der Waals surface area contributed by atoms with Gasteiger partial charge in [0.2, 0.25) is 0 Å². The topological polar surface area (TPSA) is 89.1 Å². The average molecular weight is 463 g/mol. The van der Waals surface area contributed by atoms with Crippen molar-refractivity contribution in [3.63, 3.8) is 0 Å². The van der Waals surface area contributed by atoms with Crippen molar-refractivity contribution < 1.29 is 9.18 Å². The normalized spacial score (nSPS) is 16.2. The van der Waals surface area contributed by atoms with Gasteiger partial charge in [-0.2, -0.15) is 5.10 Å². The summed E-state index contributed by atoms with van der Waals surface area (Å²) < 4.78 is 15.7. The standard InChI is InChI=1S/C26H31FN6O/c1-3-4-19(12-23(27)14-28)26(34)31-25-13-21-11-18(5-6-20(21)15-29-25)22-16-30-33(17-22)24-7-9-32(2)10-8-24/h4-6,11-13,15-17,24H,3,7-10,14,28H2,1-2H3,(H,29,31,34)/b19-4+,23-12+. The Bertz CT molecular complexity index is 1220. The molecule has 0 aliphatic carbocycles. The van der Waals surface area contributed by atoms with Crippen LogP contribution >= 0.6 is 0 Å². The third kappa shape index (κ3) is 5.58. The molecule has 3 aromatic rings. The number of anilines is 1. The zero-order chi connectivity index (χ0) is 24.1. The Balaban J connectivity index is 1.54. The number of allylic oxidation sites excluding steroid dienone is 1. The minimum atomic E-state index is -0.549. The molecule has 1 saturated heterocycles. The predicted molar refractivity (Wildman–Crippen MR) is 134 cm³/mol. The van der Waals surface area contributed by atoms with E-state index in [0.717, 1.165) is 47.8 Å². The summed E-state index contributed by atoms with van der Waals surface area (Å²) in [5.41, 5.74) is 7.65. The van der Waals surface area contributed by atoms with E-state index in [2.05, 4.69) is 50.4 Å². The number of benzene rings is 1. The number of nitrogens with two attached hydrogens (primary N) is 1. The Morgan fingerprint density at radius 2 is 2.00 bits per heavy atom.